The Hall–Kier alpha value is -2.34. The van der Waals surface area contributed by atoms with E-state index < -0.39 is 0 Å². The molecule has 2 aliphatic rings. The van der Waals surface area contributed by atoms with Gasteiger partial charge in [-0.25, -0.2) is 0 Å². The standard InChI is InChI=1S/C21H27N3O3/c1-2-18-16(15-6-3-4-8-19(15)27-18)14-23-12-9-20(25)24-11-5-7-17(24)21(26)22-10-13-23/h3-4,6,8,17H,2,5,7,9-14H2,1H3,(H,22,26). The molecule has 6 heteroatoms. The highest BCUT2D eigenvalue weighted by atomic mass is 16.3. The van der Waals surface area contributed by atoms with E-state index in [1.807, 2.05) is 18.2 Å². The number of benzene rings is 1. The van der Waals surface area contributed by atoms with E-state index in [4.69, 9.17) is 4.42 Å². The van der Waals surface area contributed by atoms with Crippen molar-refractivity contribution in [2.45, 2.75) is 45.2 Å². The van der Waals surface area contributed by atoms with E-state index in [-0.39, 0.29) is 17.9 Å². The summed E-state index contributed by atoms with van der Waals surface area (Å²) in [6.45, 7) is 5.56. The van der Waals surface area contributed by atoms with Gasteiger partial charge in [-0.3, -0.25) is 14.5 Å². The molecule has 2 aromatic rings. The zero-order valence-electron chi connectivity index (χ0n) is 15.9. The molecule has 1 aromatic heterocycles. The Morgan fingerprint density at radius 1 is 1.19 bits per heavy atom. The maximum Gasteiger partial charge on any atom is 0.242 e. The summed E-state index contributed by atoms with van der Waals surface area (Å²) in [4.78, 5) is 29.1. The maximum absolute atomic E-state index is 12.6. The van der Waals surface area contributed by atoms with Crippen molar-refractivity contribution in [2.24, 2.45) is 0 Å². The predicted molar refractivity (Wildman–Crippen MR) is 103 cm³/mol. The van der Waals surface area contributed by atoms with Crippen molar-refractivity contribution in [3.8, 4) is 0 Å². The summed E-state index contributed by atoms with van der Waals surface area (Å²) in [6.07, 6.45) is 2.99. The molecule has 0 radical (unpaired) electrons. The number of para-hydroxylation sites is 1. The van der Waals surface area contributed by atoms with Gasteiger partial charge in [-0.15, -0.1) is 0 Å². The molecular weight excluding hydrogens is 342 g/mol. The van der Waals surface area contributed by atoms with Gasteiger partial charge in [-0.2, -0.15) is 0 Å². The van der Waals surface area contributed by atoms with Crippen LogP contribution in [-0.4, -0.2) is 53.8 Å². The summed E-state index contributed by atoms with van der Waals surface area (Å²) in [6, 6.07) is 7.84. The first-order chi connectivity index (χ1) is 13.2. The Morgan fingerprint density at radius 3 is 2.89 bits per heavy atom. The molecule has 1 atom stereocenters. The largest absolute Gasteiger partial charge is 0.461 e. The van der Waals surface area contributed by atoms with Crippen LogP contribution >= 0.6 is 0 Å². The summed E-state index contributed by atoms with van der Waals surface area (Å²) in [5.41, 5.74) is 2.11. The minimum Gasteiger partial charge on any atom is -0.461 e. The Morgan fingerprint density at radius 2 is 2.04 bits per heavy atom. The van der Waals surface area contributed by atoms with Gasteiger partial charge in [0.2, 0.25) is 11.8 Å². The van der Waals surface area contributed by atoms with E-state index in [0.717, 1.165) is 49.1 Å². The van der Waals surface area contributed by atoms with Gasteiger partial charge in [-0.05, 0) is 18.9 Å². The molecule has 2 fully saturated rings. The average molecular weight is 369 g/mol. The van der Waals surface area contributed by atoms with Crippen molar-refractivity contribution in [1.29, 1.82) is 0 Å². The molecular formula is C21H27N3O3. The first kappa shape index (κ1) is 18.0. The third-order valence-electron chi connectivity index (χ3n) is 5.73. The molecule has 0 bridgehead atoms. The third kappa shape index (κ3) is 3.58. The van der Waals surface area contributed by atoms with Gasteiger partial charge in [0, 0.05) is 56.5 Å². The molecule has 2 saturated heterocycles. The fourth-order valence-corrected chi connectivity index (χ4v) is 4.29. The van der Waals surface area contributed by atoms with Gasteiger partial charge in [0.25, 0.3) is 0 Å². The van der Waals surface area contributed by atoms with Crippen LogP contribution < -0.4 is 5.32 Å². The first-order valence-electron chi connectivity index (χ1n) is 9.96. The summed E-state index contributed by atoms with van der Waals surface area (Å²) < 4.78 is 6.01. The number of aryl methyl sites for hydroxylation is 1. The van der Waals surface area contributed by atoms with Gasteiger partial charge in [0.1, 0.15) is 17.4 Å². The van der Waals surface area contributed by atoms with Crippen molar-refractivity contribution >= 4 is 22.8 Å². The molecule has 3 heterocycles. The summed E-state index contributed by atoms with van der Waals surface area (Å²) >= 11 is 0. The van der Waals surface area contributed by atoms with E-state index in [0.29, 0.717) is 26.1 Å². The van der Waals surface area contributed by atoms with E-state index in [2.05, 4.69) is 23.2 Å². The highest BCUT2D eigenvalue weighted by Gasteiger charge is 2.34. The van der Waals surface area contributed by atoms with E-state index in [1.165, 1.54) is 5.56 Å². The van der Waals surface area contributed by atoms with Gasteiger partial charge in [-0.1, -0.05) is 25.1 Å². The number of nitrogens with one attached hydrogen (secondary N) is 1. The van der Waals surface area contributed by atoms with Crippen LogP contribution in [0.4, 0.5) is 0 Å². The first-order valence-corrected chi connectivity index (χ1v) is 9.96. The van der Waals surface area contributed by atoms with Crippen molar-refractivity contribution in [1.82, 2.24) is 15.1 Å². The van der Waals surface area contributed by atoms with Crippen molar-refractivity contribution in [3.05, 3.63) is 35.6 Å². The zero-order chi connectivity index (χ0) is 18.8. The van der Waals surface area contributed by atoms with Crippen LogP contribution in [0.3, 0.4) is 0 Å². The number of nitrogens with zero attached hydrogens (tertiary/aromatic N) is 2. The molecule has 2 amide bonds. The van der Waals surface area contributed by atoms with Crippen LogP contribution in [0.2, 0.25) is 0 Å². The average Bonchev–Trinajstić information content (AvgIpc) is 3.30. The Bertz CT molecular complexity index is 844. The number of rotatable bonds is 3. The van der Waals surface area contributed by atoms with E-state index in [1.54, 1.807) is 4.90 Å². The number of carbonyl (C=O) groups excluding carboxylic acids is 2. The monoisotopic (exact) mass is 369 g/mol. The number of carbonyl (C=O) groups is 2. The second-order valence-electron chi connectivity index (χ2n) is 7.42. The minimum atomic E-state index is -0.270. The summed E-state index contributed by atoms with van der Waals surface area (Å²) in [5, 5.41) is 4.16. The van der Waals surface area contributed by atoms with E-state index >= 15 is 0 Å². The Kier molecular flexibility index (Phi) is 5.16. The molecule has 0 aliphatic carbocycles. The van der Waals surface area contributed by atoms with Gasteiger partial charge in [0.05, 0.1) is 0 Å². The molecule has 1 unspecified atom stereocenters. The quantitative estimate of drug-likeness (QED) is 0.902. The van der Waals surface area contributed by atoms with Crippen LogP contribution in [-0.2, 0) is 22.6 Å². The van der Waals surface area contributed by atoms with Crippen LogP contribution in [0.5, 0.6) is 0 Å². The highest BCUT2D eigenvalue weighted by Crippen LogP contribution is 2.28. The molecule has 0 spiro atoms. The van der Waals surface area contributed by atoms with Crippen LogP contribution in [0, 0.1) is 0 Å². The lowest BCUT2D eigenvalue weighted by Gasteiger charge is -2.29. The van der Waals surface area contributed by atoms with Crippen molar-refractivity contribution in [3.63, 3.8) is 0 Å². The number of amides is 2. The second-order valence-corrected chi connectivity index (χ2v) is 7.42. The van der Waals surface area contributed by atoms with Crippen LogP contribution in [0.1, 0.15) is 37.5 Å². The lowest BCUT2D eigenvalue weighted by molar-refractivity contribution is -0.139. The molecule has 1 N–H and O–H groups in total. The lowest BCUT2D eigenvalue weighted by Crippen LogP contribution is -2.49. The molecule has 6 nitrogen and oxygen atoms in total. The number of fused-ring (bicyclic) bond motifs is 2. The molecule has 0 saturated carbocycles. The van der Waals surface area contributed by atoms with Gasteiger partial charge < -0.3 is 14.6 Å². The third-order valence-corrected chi connectivity index (χ3v) is 5.73. The fraction of sp³-hybridized carbons (Fsp3) is 0.524. The zero-order valence-corrected chi connectivity index (χ0v) is 15.9. The van der Waals surface area contributed by atoms with Crippen molar-refractivity contribution < 1.29 is 14.0 Å². The van der Waals surface area contributed by atoms with Crippen LogP contribution in [0.25, 0.3) is 11.0 Å². The van der Waals surface area contributed by atoms with Crippen molar-refractivity contribution in [2.75, 3.05) is 26.2 Å². The molecule has 4 rings (SSSR count). The second kappa shape index (κ2) is 7.72. The summed E-state index contributed by atoms with van der Waals surface area (Å²) in [5.74, 6) is 1.08. The normalized spacial score (nSPS) is 22.1. The van der Waals surface area contributed by atoms with E-state index in [9.17, 15) is 9.59 Å². The Labute approximate surface area is 159 Å². The topological polar surface area (TPSA) is 65.8 Å². The molecule has 1 aromatic carbocycles. The number of hydrogen-bond donors (Lipinski definition) is 1. The predicted octanol–water partition coefficient (Wildman–Crippen LogP) is 2.31. The smallest absolute Gasteiger partial charge is 0.242 e. The number of hydrogen-bond acceptors (Lipinski definition) is 4. The SMILES string of the molecule is CCc1oc2ccccc2c1CN1CCNC(=O)C2CCCN2C(=O)CC1. The van der Waals surface area contributed by atoms with Crippen LogP contribution in [0.15, 0.2) is 28.7 Å². The maximum atomic E-state index is 12.6. The summed E-state index contributed by atoms with van der Waals surface area (Å²) in [7, 11) is 0. The van der Waals surface area contributed by atoms with Gasteiger partial charge in [0.15, 0.2) is 0 Å². The minimum absolute atomic E-state index is 0.00860. The Balaban J connectivity index is 1.54. The highest BCUT2D eigenvalue weighted by molar-refractivity contribution is 5.88. The van der Waals surface area contributed by atoms with Gasteiger partial charge >= 0.3 is 0 Å². The fourth-order valence-electron chi connectivity index (χ4n) is 4.29. The molecule has 27 heavy (non-hydrogen) atoms. The lowest BCUT2D eigenvalue weighted by atomic mass is 10.1. The molecule has 2 aliphatic heterocycles. The number of furan rings is 1. The molecule has 144 valence electrons.